The van der Waals surface area contributed by atoms with Crippen LogP contribution in [-0.2, 0) is 27.2 Å². The van der Waals surface area contributed by atoms with Crippen LogP contribution >= 0.6 is 0 Å². The average Bonchev–Trinajstić information content (AvgIpc) is 3.43. The van der Waals surface area contributed by atoms with Crippen LogP contribution < -0.4 is 16.6 Å². The van der Waals surface area contributed by atoms with E-state index >= 15 is 0 Å². The molecule has 0 aliphatic rings. The summed E-state index contributed by atoms with van der Waals surface area (Å²) in [5, 5.41) is 3.26. The standard InChI is InChI=1S/C22H24N6O3/c1-25-20-17(21(30)26(2)22(25)31)13-18(28(20)14-16-7-4-3-5-8-16)19(29)24-9-6-11-27-12-10-23-15-27/h3-5,7-8,10,12-13,15H,6,9,11,14H2,1-2H3,(H,24,29). The number of rotatable bonds is 7. The Bertz CT molecular complexity index is 1330. The minimum atomic E-state index is -0.433. The Morgan fingerprint density at radius 2 is 1.87 bits per heavy atom. The molecule has 0 atom stereocenters. The molecule has 1 N–H and O–H groups in total. The molecule has 31 heavy (non-hydrogen) atoms. The largest absolute Gasteiger partial charge is 0.351 e. The molecular weight excluding hydrogens is 396 g/mol. The number of aromatic nitrogens is 5. The minimum Gasteiger partial charge on any atom is -0.351 e. The summed E-state index contributed by atoms with van der Waals surface area (Å²) in [4.78, 5) is 42.3. The first-order chi connectivity index (χ1) is 15.0. The summed E-state index contributed by atoms with van der Waals surface area (Å²) < 4.78 is 6.15. The smallest absolute Gasteiger partial charge is 0.332 e. The number of carbonyl (C=O) groups excluding carboxylic acids is 1. The molecule has 0 fully saturated rings. The second-order valence-corrected chi connectivity index (χ2v) is 7.45. The first-order valence-corrected chi connectivity index (χ1v) is 10.0. The van der Waals surface area contributed by atoms with Gasteiger partial charge in [-0.25, -0.2) is 9.78 Å². The van der Waals surface area contributed by atoms with Crippen LogP contribution in [0.25, 0.3) is 11.0 Å². The SMILES string of the molecule is Cn1c(=O)c2cc(C(=O)NCCCn3ccnc3)n(Cc3ccccc3)c2n(C)c1=O. The van der Waals surface area contributed by atoms with Gasteiger partial charge in [-0.05, 0) is 18.1 Å². The van der Waals surface area contributed by atoms with Crippen molar-refractivity contribution in [3.63, 3.8) is 0 Å². The molecule has 0 unspecified atom stereocenters. The van der Waals surface area contributed by atoms with Crippen LogP contribution in [0.2, 0.25) is 0 Å². The van der Waals surface area contributed by atoms with Gasteiger partial charge in [0.2, 0.25) is 0 Å². The monoisotopic (exact) mass is 420 g/mol. The zero-order valence-electron chi connectivity index (χ0n) is 17.5. The fraction of sp³-hybridized carbons (Fsp3) is 0.273. The number of imidazole rings is 1. The number of aryl methyl sites for hydroxylation is 2. The van der Waals surface area contributed by atoms with Gasteiger partial charge in [0.25, 0.3) is 11.5 Å². The molecule has 0 spiro atoms. The van der Waals surface area contributed by atoms with Crippen LogP contribution in [0.15, 0.2) is 64.7 Å². The van der Waals surface area contributed by atoms with Gasteiger partial charge in [-0.15, -0.1) is 0 Å². The number of carbonyl (C=O) groups is 1. The van der Waals surface area contributed by atoms with Crippen molar-refractivity contribution in [2.45, 2.75) is 19.5 Å². The van der Waals surface area contributed by atoms with Crippen LogP contribution in [0.5, 0.6) is 0 Å². The summed E-state index contributed by atoms with van der Waals surface area (Å²) >= 11 is 0. The molecule has 160 valence electrons. The van der Waals surface area contributed by atoms with Crippen molar-refractivity contribution in [2.75, 3.05) is 6.54 Å². The third kappa shape index (κ3) is 3.94. The second kappa shape index (κ2) is 8.47. The minimum absolute atomic E-state index is 0.285. The highest BCUT2D eigenvalue weighted by molar-refractivity contribution is 5.98. The lowest BCUT2D eigenvalue weighted by molar-refractivity contribution is 0.0944. The van der Waals surface area contributed by atoms with Gasteiger partial charge in [-0.3, -0.25) is 18.7 Å². The summed E-state index contributed by atoms with van der Waals surface area (Å²) in [5.74, 6) is -0.285. The molecule has 0 aliphatic carbocycles. The Balaban J connectivity index is 1.69. The van der Waals surface area contributed by atoms with Gasteiger partial charge >= 0.3 is 5.69 Å². The fourth-order valence-corrected chi connectivity index (χ4v) is 3.73. The van der Waals surface area contributed by atoms with E-state index in [9.17, 15) is 14.4 Å². The highest BCUT2D eigenvalue weighted by Gasteiger charge is 2.21. The van der Waals surface area contributed by atoms with Crippen molar-refractivity contribution in [2.24, 2.45) is 14.1 Å². The van der Waals surface area contributed by atoms with Crippen LogP contribution in [0.3, 0.4) is 0 Å². The maximum Gasteiger partial charge on any atom is 0.332 e. The Hall–Kier alpha value is -3.88. The summed E-state index contributed by atoms with van der Waals surface area (Å²) in [6.07, 6.45) is 6.05. The quantitative estimate of drug-likeness (QED) is 0.453. The van der Waals surface area contributed by atoms with E-state index in [1.165, 1.54) is 11.6 Å². The normalized spacial score (nSPS) is 11.2. The highest BCUT2D eigenvalue weighted by atomic mass is 16.2. The molecule has 0 bridgehead atoms. The zero-order valence-corrected chi connectivity index (χ0v) is 17.5. The first-order valence-electron chi connectivity index (χ1n) is 10.0. The lowest BCUT2D eigenvalue weighted by Gasteiger charge is -2.13. The summed E-state index contributed by atoms with van der Waals surface area (Å²) in [6.45, 7) is 1.58. The predicted octanol–water partition coefficient (Wildman–Crippen LogP) is 1.10. The Morgan fingerprint density at radius 1 is 1.10 bits per heavy atom. The molecule has 4 aromatic rings. The topological polar surface area (TPSA) is 95.8 Å². The van der Waals surface area contributed by atoms with Crippen molar-refractivity contribution < 1.29 is 4.79 Å². The van der Waals surface area contributed by atoms with Gasteiger partial charge < -0.3 is 14.5 Å². The van der Waals surface area contributed by atoms with Gasteiger partial charge in [0.15, 0.2) is 0 Å². The predicted molar refractivity (Wildman–Crippen MR) is 117 cm³/mol. The Morgan fingerprint density at radius 3 is 2.58 bits per heavy atom. The average molecular weight is 420 g/mol. The molecule has 4 rings (SSSR count). The van der Waals surface area contributed by atoms with Crippen molar-refractivity contribution in [1.82, 2.24) is 28.6 Å². The van der Waals surface area contributed by atoms with E-state index in [0.29, 0.717) is 29.8 Å². The second-order valence-electron chi connectivity index (χ2n) is 7.45. The van der Waals surface area contributed by atoms with Crippen LogP contribution in [0.4, 0.5) is 0 Å². The number of hydrogen-bond acceptors (Lipinski definition) is 4. The Kier molecular flexibility index (Phi) is 5.57. The third-order valence-electron chi connectivity index (χ3n) is 5.35. The van der Waals surface area contributed by atoms with Crippen LogP contribution in [0.1, 0.15) is 22.5 Å². The molecule has 0 saturated heterocycles. The highest BCUT2D eigenvalue weighted by Crippen LogP contribution is 2.18. The summed E-state index contributed by atoms with van der Waals surface area (Å²) in [6, 6.07) is 11.2. The third-order valence-corrected chi connectivity index (χ3v) is 5.35. The number of nitrogens with zero attached hydrogens (tertiary/aromatic N) is 5. The molecule has 9 nitrogen and oxygen atoms in total. The number of amides is 1. The van der Waals surface area contributed by atoms with Crippen molar-refractivity contribution in [1.29, 1.82) is 0 Å². The van der Waals surface area contributed by atoms with Crippen LogP contribution in [-0.4, -0.2) is 35.7 Å². The number of nitrogens with one attached hydrogen (secondary N) is 1. The molecular formula is C22H24N6O3. The molecule has 3 heterocycles. The molecule has 0 aliphatic heterocycles. The van der Waals surface area contributed by atoms with E-state index in [4.69, 9.17) is 0 Å². The maximum atomic E-state index is 13.0. The number of fused-ring (bicyclic) bond motifs is 1. The van der Waals surface area contributed by atoms with E-state index in [-0.39, 0.29) is 5.91 Å². The number of hydrogen-bond donors (Lipinski definition) is 1. The Labute approximate surface area is 178 Å². The lowest BCUT2D eigenvalue weighted by atomic mass is 10.2. The molecule has 9 heteroatoms. The maximum absolute atomic E-state index is 13.0. The molecule has 3 aromatic heterocycles. The van der Waals surface area contributed by atoms with Crippen molar-refractivity contribution in [3.05, 3.63) is 87.2 Å². The van der Waals surface area contributed by atoms with Crippen molar-refractivity contribution >= 4 is 16.9 Å². The molecule has 0 radical (unpaired) electrons. The van der Waals surface area contributed by atoms with Crippen LogP contribution in [0, 0.1) is 0 Å². The van der Waals surface area contributed by atoms with Gasteiger partial charge in [-0.2, -0.15) is 0 Å². The van der Waals surface area contributed by atoms with Gasteiger partial charge in [0.1, 0.15) is 11.3 Å². The van der Waals surface area contributed by atoms with E-state index in [2.05, 4.69) is 10.3 Å². The summed E-state index contributed by atoms with van der Waals surface area (Å²) in [7, 11) is 3.05. The lowest BCUT2D eigenvalue weighted by Crippen LogP contribution is -2.37. The van der Waals surface area contributed by atoms with Gasteiger partial charge in [0, 0.05) is 46.1 Å². The van der Waals surface area contributed by atoms with Gasteiger partial charge in [0.05, 0.1) is 11.7 Å². The van der Waals surface area contributed by atoms with E-state index < -0.39 is 11.2 Å². The van der Waals surface area contributed by atoms with Gasteiger partial charge in [-0.1, -0.05) is 30.3 Å². The first kappa shape index (κ1) is 20.4. The molecule has 0 saturated carbocycles. The number of benzene rings is 1. The molecule has 1 aromatic carbocycles. The fourth-order valence-electron chi connectivity index (χ4n) is 3.73. The van der Waals surface area contributed by atoms with E-state index in [1.807, 2.05) is 41.1 Å². The van der Waals surface area contributed by atoms with E-state index in [1.54, 1.807) is 30.2 Å². The van der Waals surface area contributed by atoms with E-state index in [0.717, 1.165) is 23.1 Å². The molecule has 1 amide bonds. The zero-order chi connectivity index (χ0) is 22.0. The van der Waals surface area contributed by atoms with Crippen molar-refractivity contribution in [3.8, 4) is 0 Å². The summed E-state index contributed by atoms with van der Waals surface area (Å²) in [5.41, 5.74) is 0.888.